The van der Waals surface area contributed by atoms with E-state index < -0.39 is 36.2 Å². The average molecular weight is 538 g/mol. The Kier molecular flexibility index (Phi) is 15.7. The molecule has 1 aromatic rings. The fourth-order valence-electron chi connectivity index (χ4n) is 3.34. The molecule has 0 radical (unpaired) electrons. The lowest BCUT2D eigenvalue weighted by Crippen LogP contribution is -2.37. The molecular weight excluding hydrogens is 494 g/mol. The molecule has 1 unspecified atom stereocenters. The molecule has 10 heteroatoms. The maximum atomic E-state index is 12.5. The van der Waals surface area contributed by atoms with Crippen LogP contribution in [0, 0.1) is 0 Å². The van der Waals surface area contributed by atoms with Crippen molar-refractivity contribution in [2.75, 3.05) is 6.61 Å². The molecule has 1 rings (SSSR count). The average Bonchev–Trinajstić information content (AvgIpc) is 2.86. The van der Waals surface area contributed by atoms with Crippen LogP contribution in [0.25, 0.3) is 0 Å². The molecular formula is C28H43NO9. The number of ether oxygens (including phenoxy) is 5. The molecule has 0 aliphatic rings. The third-order valence-electron chi connectivity index (χ3n) is 5.43. The molecule has 0 aromatic heterocycles. The third-order valence-corrected chi connectivity index (χ3v) is 5.43. The van der Waals surface area contributed by atoms with E-state index in [0.717, 1.165) is 25.7 Å². The quantitative estimate of drug-likeness (QED) is 0.213. The maximum Gasteiger partial charge on any atom is 0.508 e. The SMILES string of the molecule is CCCCC(=O)Oc1ccc(C[C@H](N)C(=O)O[C@@H](C)COC(=O)OC(C)CCC)cc1OC(=O)CCCC. The lowest BCUT2D eigenvalue weighted by molar-refractivity contribution is -0.152. The normalized spacial score (nSPS) is 13.1. The van der Waals surface area contributed by atoms with E-state index in [1.54, 1.807) is 19.9 Å². The Bertz CT molecular complexity index is 902. The number of unbranched alkanes of at least 4 members (excludes halogenated alkanes) is 2. The summed E-state index contributed by atoms with van der Waals surface area (Å²) in [4.78, 5) is 48.6. The maximum absolute atomic E-state index is 12.5. The monoisotopic (exact) mass is 537 g/mol. The van der Waals surface area contributed by atoms with Crippen molar-refractivity contribution in [3.8, 4) is 11.5 Å². The van der Waals surface area contributed by atoms with Gasteiger partial charge < -0.3 is 29.4 Å². The lowest BCUT2D eigenvalue weighted by atomic mass is 10.1. The van der Waals surface area contributed by atoms with E-state index in [0.29, 0.717) is 18.4 Å². The minimum atomic E-state index is -1.03. The van der Waals surface area contributed by atoms with Gasteiger partial charge in [0.1, 0.15) is 24.9 Å². The van der Waals surface area contributed by atoms with Crippen LogP contribution in [0.1, 0.15) is 91.5 Å². The Hall–Kier alpha value is -3.14. The highest BCUT2D eigenvalue weighted by molar-refractivity contribution is 5.77. The molecule has 0 bridgehead atoms. The van der Waals surface area contributed by atoms with Crippen molar-refractivity contribution >= 4 is 24.1 Å². The molecule has 0 saturated heterocycles. The molecule has 0 aliphatic carbocycles. The van der Waals surface area contributed by atoms with Gasteiger partial charge in [0.25, 0.3) is 0 Å². The van der Waals surface area contributed by atoms with Gasteiger partial charge in [-0.3, -0.25) is 14.4 Å². The predicted octanol–water partition coefficient (Wildman–Crippen LogP) is 5.02. The Balaban J connectivity index is 2.77. The first kappa shape index (κ1) is 32.9. The molecule has 0 saturated carbocycles. The van der Waals surface area contributed by atoms with Crippen LogP contribution in [0.2, 0.25) is 0 Å². The van der Waals surface area contributed by atoms with E-state index in [9.17, 15) is 19.2 Å². The van der Waals surface area contributed by atoms with Crippen molar-refractivity contribution in [1.29, 1.82) is 0 Å². The minimum Gasteiger partial charge on any atom is -0.458 e. The zero-order chi connectivity index (χ0) is 28.5. The summed E-state index contributed by atoms with van der Waals surface area (Å²) in [5, 5.41) is 0. The largest absolute Gasteiger partial charge is 0.508 e. The fourth-order valence-corrected chi connectivity index (χ4v) is 3.34. The summed E-state index contributed by atoms with van der Waals surface area (Å²) >= 11 is 0. The summed E-state index contributed by atoms with van der Waals surface area (Å²) in [5.41, 5.74) is 6.63. The van der Waals surface area contributed by atoms with E-state index in [4.69, 9.17) is 29.4 Å². The molecule has 1 aromatic carbocycles. The van der Waals surface area contributed by atoms with Gasteiger partial charge in [0, 0.05) is 12.8 Å². The Morgan fingerprint density at radius 1 is 0.816 bits per heavy atom. The predicted molar refractivity (Wildman–Crippen MR) is 141 cm³/mol. The molecule has 0 heterocycles. The van der Waals surface area contributed by atoms with Gasteiger partial charge >= 0.3 is 24.1 Å². The number of benzene rings is 1. The van der Waals surface area contributed by atoms with Crippen molar-refractivity contribution in [2.45, 2.75) is 111 Å². The lowest BCUT2D eigenvalue weighted by Gasteiger charge is -2.18. The van der Waals surface area contributed by atoms with Crippen molar-refractivity contribution < 1.29 is 42.9 Å². The fraction of sp³-hybridized carbons (Fsp3) is 0.643. The number of nitrogens with two attached hydrogens (primary N) is 1. The molecule has 2 N–H and O–H groups in total. The van der Waals surface area contributed by atoms with Crippen molar-refractivity contribution in [3.63, 3.8) is 0 Å². The van der Waals surface area contributed by atoms with Crippen LogP contribution in [-0.4, -0.2) is 48.9 Å². The van der Waals surface area contributed by atoms with Crippen molar-refractivity contribution in [3.05, 3.63) is 23.8 Å². The van der Waals surface area contributed by atoms with E-state index >= 15 is 0 Å². The van der Waals surface area contributed by atoms with Gasteiger partial charge in [-0.2, -0.15) is 0 Å². The van der Waals surface area contributed by atoms with Crippen LogP contribution < -0.4 is 15.2 Å². The number of hydrogen-bond acceptors (Lipinski definition) is 10. The summed E-state index contributed by atoms with van der Waals surface area (Å²) in [6.07, 6.45) is 3.33. The van der Waals surface area contributed by atoms with Crippen molar-refractivity contribution in [1.82, 2.24) is 0 Å². The second-order valence-corrected chi connectivity index (χ2v) is 9.27. The van der Waals surface area contributed by atoms with E-state index in [1.807, 2.05) is 20.8 Å². The molecule has 38 heavy (non-hydrogen) atoms. The van der Waals surface area contributed by atoms with Gasteiger partial charge in [0.2, 0.25) is 0 Å². The highest BCUT2D eigenvalue weighted by atomic mass is 16.7. The van der Waals surface area contributed by atoms with Gasteiger partial charge in [-0.1, -0.05) is 46.1 Å². The van der Waals surface area contributed by atoms with Crippen LogP contribution >= 0.6 is 0 Å². The summed E-state index contributed by atoms with van der Waals surface area (Å²) in [6.45, 7) is 9.08. The topological polar surface area (TPSA) is 140 Å². The third kappa shape index (κ3) is 13.4. The summed E-state index contributed by atoms with van der Waals surface area (Å²) in [5.74, 6) is -1.35. The van der Waals surface area contributed by atoms with Crippen LogP contribution in [0.3, 0.4) is 0 Å². The Morgan fingerprint density at radius 3 is 2.00 bits per heavy atom. The molecule has 10 nitrogen and oxygen atoms in total. The number of carbonyl (C=O) groups excluding carboxylic acids is 4. The van der Waals surface area contributed by atoms with Gasteiger partial charge in [0.15, 0.2) is 11.5 Å². The standard InChI is InChI=1S/C28H43NO9/c1-6-9-12-25(30)37-23-15-14-21(17-24(23)38-26(31)13-10-7-2)16-22(29)27(32)35-20(5)18-34-28(33)36-19(4)11-8-3/h14-15,17,19-20,22H,6-13,16,18,29H2,1-5H3/t19?,20-,22-/m0/s1. The first-order valence-electron chi connectivity index (χ1n) is 13.4. The Morgan fingerprint density at radius 2 is 1.42 bits per heavy atom. The Labute approximate surface area is 225 Å². The van der Waals surface area contributed by atoms with Gasteiger partial charge in [-0.05, 0) is 57.2 Å². The highest BCUT2D eigenvalue weighted by Gasteiger charge is 2.22. The van der Waals surface area contributed by atoms with Gasteiger partial charge in [-0.15, -0.1) is 0 Å². The zero-order valence-corrected chi connectivity index (χ0v) is 23.3. The second kappa shape index (κ2) is 18.2. The molecule has 3 atom stereocenters. The van der Waals surface area contributed by atoms with Gasteiger partial charge in [0.05, 0.1) is 0 Å². The van der Waals surface area contributed by atoms with Crippen LogP contribution in [0.4, 0.5) is 4.79 Å². The second-order valence-electron chi connectivity index (χ2n) is 9.27. The number of esters is 3. The number of carbonyl (C=O) groups is 4. The van der Waals surface area contributed by atoms with Crippen LogP contribution in [-0.2, 0) is 35.0 Å². The van der Waals surface area contributed by atoms with E-state index in [-0.39, 0.29) is 43.5 Å². The van der Waals surface area contributed by atoms with E-state index in [2.05, 4.69) is 0 Å². The van der Waals surface area contributed by atoms with Crippen molar-refractivity contribution in [2.24, 2.45) is 5.73 Å². The molecule has 214 valence electrons. The molecule has 0 fully saturated rings. The summed E-state index contributed by atoms with van der Waals surface area (Å²) in [6, 6.07) is 3.65. The number of rotatable bonds is 17. The molecule has 0 amide bonds. The first-order valence-corrected chi connectivity index (χ1v) is 13.4. The first-order chi connectivity index (χ1) is 18.1. The smallest absolute Gasteiger partial charge is 0.458 e. The number of hydrogen-bond donors (Lipinski definition) is 1. The highest BCUT2D eigenvalue weighted by Crippen LogP contribution is 2.30. The van der Waals surface area contributed by atoms with Crippen LogP contribution in [0.5, 0.6) is 11.5 Å². The summed E-state index contributed by atoms with van der Waals surface area (Å²) < 4.78 is 26.3. The van der Waals surface area contributed by atoms with Crippen LogP contribution in [0.15, 0.2) is 18.2 Å². The summed E-state index contributed by atoms with van der Waals surface area (Å²) in [7, 11) is 0. The zero-order valence-electron chi connectivity index (χ0n) is 23.3. The molecule has 0 aliphatic heterocycles. The minimum absolute atomic E-state index is 0.0759. The van der Waals surface area contributed by atoms with E-state index in [1.165, 1.54) is 12.1 Å². The molecule has 0 spiro atoms. The van der Waals surface area contributed by atoms with Gasteiger partial charge in [-0.25, -0.2) is 4.79 Å².